The van der Waals surface area contributed by atoms with Crippen LogP contribution in [0.25, 0.3) is 0 Å². The molecule has 2 rings (SSSR count). The summed E-state index contributed by atoms with van der Waals surface area (Å²) in [6, 6.07) is 4.75. The van der Waals surface area contributed by atoms with Crippen molar-refractivity contribution in [2.75, 3.05) is 53.5 Å². The number of rotatable bonds is 6. The molecule has 1 aromatic carbocycles. The van der Waals surface area contributed by atoms with Crippen molar-refractivity contribution >= 4 is 5.97 Å². The Kier molecular flexibility index (Phi) is 5.41. The number of piperazine rings is 1. The lowest BCUT2D eigenvalue weighted by Crippen LogP contribution is -2.45. The molecule has 0 amide bonds. The van der Waals surface area contributed by atoms with Crippen LogP contribution < -0.4 is 9.47 Å². The van der Waals surface area contributed by atoms with E-state index in [-0.39, 0.29) is 5.56 Å². The van der Waals surface area contributed by atoms with Crippen LogP contribution in [0.4, 0.5) is 0 Å². The van der Waals surface area contributed by atoms with Gasteiger partial charge in [-0.2, -0.15) is 0 Å². The normalized spacial score (nSPS) is 16.7. The molecule has 0 aromatic heterocycles. The predicted octanol–water partition coefficient (Wildman–Crippen LogP) is 1.02. The quantitative estimate of drug-likeness (QED) is 0.845. The SMILES string of the molecule is COc1ccc(C(=O)O)c(OCCN2CCN(C)CC2)c1. The predicted molar refractivity (Wildman–Crippen MR) is 79.4 cm³/mol. The molecule has 0 unspecified atom stereocenters. The van der Waals surface area contributed by atoms with Crippen LogP contribution in [0, 0.1) is 0 Å². The first-order valence-corrected chi connectivity index (χ1v) is 7.05. The Labute approximate surface area is 124 Å². The number of ether oxygens (including phenoxy) is 2. The van der Waals surface area contributed by atoms with Gasteiger partial charge < -0.3 is 19.5 Å². The van der Waals surface area contributed by atoms with Gasteiger partial charge in [0, 0.05) is 38.8 Å². The van der Waals surface area contributed by atoms with Crippen molar-refractivity contribution in [3.63, 3.8) is 0 Å². The number of hydrogen-bond acceptors (Lipinski definition) is 5. The van der Waals surface area contributed by atoms with E-state index in [1.807, 2.05) is 0 Å². The van der Waals surface area contributed by atoms with E-state index >= 15 is 0 Å². The van der Waals surface area contributed by atoms with Crippen molar-refractivity contribution in [3.05, 3.63) is 23.8 Å². The summed E-state index contributed by atoms with van der Waals surface area (Å²) in [6.45, 7) is 5.41. The van der Waals surface area contributed by atoms with E-state index in [0.29, 0.717) is 18.1 Å². The third-order valence-corrected chi connectivity index (χ3v) is 3.68. The lowest BCUT2D eigenvalue weighted by Gasteiger charge is -2.32. The second-order valence-corrected chi connectivity index (χ2v) is 5.16. The fraction of sp³-hybridized carbons (Fsp3) is 0.533. The molecule has 1 aliphatic heterocycles. The maximum Gasteiger partial charge on any atom is 0.339 e. The first-order valence-electron chi connectivity index (χ1n) is 7.05. The number of carbonyl (C=O) groups is 1. The first kappa shape index (κ1) is 15.6. The number of aromatic carboxylic acids is 1. The summed E-state index contributed by atoms with van der Waals surface area (Å²) in [4.78, 5) is 15.8. The molecule has 21 heavy (non-hydrogen) atoms. The number of likely N-dealkylation sites (N-methyl/N-ethyl adjacent to an activating group) is 1. The van der Waals surface area contributed by atoms with E-state index in [1.165, 1.54) is 6.07 Å². The highest BCUT2D eigenvalue weighted by Gasteiger charge is 2.15. The van der Waals surface area contributed by atoms with Gasteiger partial charge in [0.2, 0.25) is 0 Å². The summed E-state index contributed by atoms with van der Waals surface area (Å²) in [7, 11) is 3.66. The summed E-state index contributed by atoms with van der Waals surface area (Å²) in [5, 5.41) is 9.17. The molecule has 6 heteroatoms. The summed E-state index contributed by atoms with van der Waals surface area (Å²) >= 11 is 0. The third kappa shape index (κ3) is 4.34. The Morgan fingerprint density at radius 1 is 1.29 bits per heavy atom. The average molecular weight is 294 g/mol. The molecular weight excluding hydrogens is 272 g/mol. The smallest absolute Gasteiger partial charge is 0.339 e. The highest BCUT2D eigenvalue weighted by atomic mass is 16.5. The molecule has 0 saturated carbocycles. The van der Waals surface area contributed by atoms with Crippen LogP contribution in [0.5, 0.6) is 11.5 Å². The van der Waals surface area contributed by atoms with Crippen LogP contribution in [-0.2, 0) is 0 Å². The van der Waals surface area contributed by atoms with E-state index in [1.54, 1.807) is 19.2 Å². The van der Waals surface area contributed by atoms with Crippen LogP contribution in [0.15, 0.2) is 18.2 Å². The molecule has 6 nitrogen and oxygen atoms in total. The summed E-state index contributed by atoms with van der Waals surface area (Å²) in [6.07, 6.45) is 0. The lowest BCUT2D eigenvalue weighted by molar-refractivity contribution is 0.0690. The van der Waals surface area contributed by atoms with Gasteiger partial charge >= 0.3 is 5.97 Å². The van der Waals surface area contributed by atoms with Gasteiger partial charge in [-0.3, -0.25) is 4.90 Å². The average Bonchev–Trinajstić information content (AvgIpc) is 2.49. The van der Waals surface area contributed by atoms with Gasteiger partial charge in [-0.25, -0.2) is 4.79 Å². The fourth-order valence-corrected chi connectivity index (χ4v) is 2.28. The molecule has 116 valence electrons. The highest BCUT2D eigenvalue weighted by Crippen LogP contribution is 2.24. The monoisotopic (exact) mass is 294 g/mol. The molecule has 1 heterocycles. The zero-order valence-corrected chi connectivity index (χ0v) is 12.5. The maximum absolute atomic E-state index is 11.2. The highest BCUT2D eigenvalue weighted by molar-refractivity contribution is 5.91. The van der Waals surface area contributed by atoms with Gasteiger partial charge in [-0.15, -0.1) is 0 Å². The fourth-order valence-electron chi connectivity index (χ4n) is 2.28. The topological polar surface area (TPSA) is 62.2 Å². The van der Waals surface area contributed by atoms with Gasteiger partial charge in [0.15, 0.2) is 0 Å². The molecular formula is C15H22N2O4. The van der Waals surface area contributed by atoms with Gasteiger partial charge in [0.05, 0.1) is 7.11 Å². The molecule has 0 spiro atoms. The maximum atomic E-state index is 11.2. The van der Waals surface area contributed by atoms with Gasteiger partial charge in [-0.05, 0) is 19.2 Å². The minimum absolute atomic E-state index is 0.161. The molecule has 1 aromatic rings. The minimum atomic E-state index is -0.993. The molecule has 1 aliphatic rings. The standard InChI is InChI=1S/C15H22N2O4/c1-16-5-7-17(8-6-16)9-10-21-14-11-12(20-2)3-4-13(14)15(18)19/h3-4,11H,5-10H2,1-2H3,(H,18,19). The molecule has 0 bridgehead atoms. The van der Waals surface area contributed by atoms with Crippen LogP contribution in [0.3, 0.4) is 0 Å². The van der Waals surface area contributed by atoms with E-state index in [9.17, 15) is 4.79 Å². The van der Waals surface area contributed by atoms with Crippen molar-refractivity contribution in [1.29, 1.82) is 0 Å². The molecule has 1 fully saturated rings. The van der Waals surface area contributed by atoms with Crippen LogP contribution in [-0.4, -0.2) is 74.4 Å². The Hall–Kier alpha value is -1.79. The van der Waals surface area contributed by atoms with Crippen molar-refractivity contribution in [2.45, 2.75) is 0 Å². The summed E-state index contributed by atoms with van der Waals surface area (Å²) in [5.74, 6) is -0.0437. The molecule has 1 saturated heterocycles. The van der Waals surface area contributed by atoms with Gasteiger partial charge in [0.1, 0.15) is 23.7 Å². The molecule has 1 N–H and O–H groups in total. The number of carboxylic acids is 1. The Morgan fingerprint density at radius 3 is 2.62 bits per heavy atom. The Morgan fingerprint density at radius 2 is 2.00 bits per heavy atom. The number of carboxylic acid groups (broad SMARTS) is 1. The Bertz CT molecular complexity index is 485. The Balaban J connectivity index is 1.91. The van der Waals surface area contributed by atoms with Crippen molar-refractivity contribution in [3.8, 4) is 11.5 Å². The first-order chi connectivity index (χ1) is 10.1. The van der Waals surface area contributed by atoms with E-state index in [2.05, 4.69) is 16.8 Å². The second kappa shape index (κ2) is 7.28. The number of nitrogens with zero attached hydrogens (tertiary/aromatic N) is 2. The van der Waals surface area contributed by atoms with E-state index < -0.39 is 5.97 Å². The van der Waals surface area contributed by atoms with Gasteiger partial charge in [0.25, 0.3) is 0 Å². The van der Waals surface area contributed by atoms with Crippen LogP contribution >= 0.6 is 0 Å². The zero-order chi connectivity index (χ0) is 15.2. The minimum Gasteiger partial charge on any atom is -0.497 e. The molecule has 0 atom stereocenters. The third-order valence-electron chi connectivity index (χ3n) is 3.68. The number of benzene rings is 1. The second-order valence-electron chi connectivity index (χ2n) is 5.16. The molecule has 0 aliphatic carbocycles. The van der Waals surface area contributed by atoms with Crippen molar-refractivity contribution < 1.29 is 19.4 Å². The summed E-state index contributed by atoms with van der Waals surface area (Å²) < 4.78 is 10.8. The molecule has 0 radical (unpaired) electrons. The van der Waals surface area contributed by atoms with Crippen molar-refractivity contribution in [1.82, 2.24) is 9.80 Å². The van der Waals surface area contributed by atoms with Gasteiger partial charge in [-0.1, -0.05) is 0 Å². The van der Waals surface area contributed by atoms with E-state index in [4.69, 9.17) is 14.6 Å². The zero-order valence-electron chi connectivity index (χ0n) is 12.5. The lowest BCUT2D eigenvalue weighted by atomic mass is 10.2. The largest absolute Gasteiger partial charge is 0.497 e. The number of hydrogen-bond donors (Lipinski definition) is 1. The van der Waals surface area contributed by atoms with Crippen molar-refractivity contribution in [2.24, 2.45) is 0 Å². The van der Waals surface area contributed by atoms with Crippen LogP contribution in [0.1, 0.15) is 10.4 Å². The van der Waals surface area contributed by atoms with Crippen LogP contribution in [0.2, 0.25) is 0 Å². The summed E-state index contributed by atoms with van der Waals surface area (Å²) in [5.41, 5.74) is 0.161. The number of methoxy groups -OCH3 is 1. The van der Waals surface area contributed by atoms with E-state index in [0.717, 1.165) is 32.7 Å².